The number of hydrogen-bond donors (Lipinski definition) is 2. The molecule has 0 bridgehead atoms. The zero-order valence-electron chi connectivity index (χ0n) is 13.6. The number of hydrogen-bond acceptors (Lipinski definition) is 3. The molecule has 0 atom stereocenters. The lowest BCUT2D eigenvalue weighted by molar-refractivity contribution is -0.150. The molecule has 1 saturated heterocycles. The monoisotopic (exact) mass is 346 g/mol. The largest absolute Gasteiger partial charge is 0.479 e. The number of likely N-dealkylation sites (tertiary alicyclic amines) is 1. The van der Waals surface area contributed by atoms with E-state index in [1.165, 1.54) is 18.6 Å². The van der Waals surface area contributed by atoms with Gasteiger partial charge < -0.3 is 19.9 Å². The first-order chi connectivity index (χ1) is 12.0. The van der Waals surface area contributed by atoms with Gasteiger partial charge in [0.05, 0.1) is 6.33 Å². The molecular formula is C17H19FN4O3. The van der Waals surface area contributed by atoms with Crippen LogP contribution in [0.2, 0.25) is 0 Å². The number of nitrogens with one attached hydrogen (secondary N) is 1. The number of rotatable bonds is 4. The quantitative estimate of drug-likeness (QED) is 0.884. The number of carboxylic acids is 1. The van der Waals surface area contributed by atoms with Crippen molar-refractivity contribution >= 4 is 12.0 Å². The standard InChI is InChI=1S/C17H19FN4O3/c18-14-4-2-1-3-13(14)11-20-16(25)21-8-5-17(6-9-21,15(23)24)22-10-7-19-12-22/h1-4,7,10,12H,5-6,8-9,11H2,(H,20,25)(H,23,24). The van der Waals surface area contributed by atoms with Gasteiger partial charge in [-0.25, -0.2) is 19.0 Å². The number of piperidine rings is 1. The van der Waals surface area contributed by atoms with E-state index in [1.54, 1.807) is 33.9 Å². The van der Waals surface area contributed by atoms with Crippen molar-refractivity contribution in [2.75, 3.05) is 13.1 Å². The Morgan fingerprint density at radius 3 is 2.60 bits per heavy atom. The summed E-state index contributed by atoms with van der Waals surface area (Å²) in [6, 6.07) is 5.92. The summed E-state index contributed by atoms with van der Waals surface area (Å²) in [5.41, 5.74) is -0.676. The van der Waals surface area contributed by atoms with Crippen LogP contribution in [-0.4, -0.2) is 44.6 Å². The summed E-state index contributed by atoms with van der Waals surface area (Å²) in [7, 11) is 0. The number of nitrogens with zero attached hydrogens (tertiary/aromatic N) is 3. The van der Waals surface area contributed by atoms with Crippen LogP contribution >= 0.6 is 0 Å². The molecule has 1 aliphatic heterocycles. The summed E-state index contributed by atoms with van der Waals surface area (Å²) in [5, 5.41) is 12.3. The van der Waals surface area contributed by atoms with Crippen LogP contribution in [0.25, 0.3) is 0 Å². The smallest absolute Gasteiger partial charge is 0.330 e. The molecule has 25 heavy (non-hydrogen) atoms. The van der Waals surface area contributed by atoms with E-state index in [0.717, 1.165) is 0 Å². The van der Waals surface area contributed by atoms with Gasteiger partial charge in [-0.05, 0) is 18.9 Å². The number of benzene rings is 1. The van der Waals surface area contributed by atoms with Crippen LogP contribution in [0.3, 0.4) is 0 Å². The number of halogens is 1. The second kappa shape index (κ2) is 6.92. The summed E-state index contributed by atoms with van der Waals surface area (Å²) in [6.45, 7) is 0.689. The highest BCUT2D eigenvalue weighted by atomic mass is 19.1. The molecule has 8 heteroatoms. The number of carbonyl (C=O) groups excluding carboxylic acids is 1. The van der Waals surface area contributed by atoms with E-state index < -0.39 is 11.5 Å². The molecule has 2 heterocycles. The minimum absolute atomic E-state index is 0.0909. The molecule has 1 aromatic heterocycles. The average molecular weight is 346 g/mol. The third-order valence-electron chi connectivity index (χ3n) is 4.66. The normalized spacial score (nSPS) is 16.4. The molecule has 7 nitrogen and oxygen atoms in total. The van der Waals surface area contributed by atoms with Crippen LogP contribution in [-0.2, 0) is 16.9 Å². The van der Waals surface area contributed by atoms with Crippen molar-refractivity contribution in [3.63, 3.8) is 0 Å². The van der Waals surface area contributed by atoms with E-state index in [4.69, 9.17) is 0 Å². The fourth-order valence-electron chi connectivity index (χ4n) is 3.10. The molecule has 2 N–H and O–H groups in total. The Morgan fingerprint density at radius 2 is 2.00 bits per heavy atom. The maximum absolute atomic E-state index is 13.6. The molecular weight excluding hydrogens is 327 g/mol. The molecule has 0 spiro atoms. The summed E-state index contributed by atoms with van der Waals surface area (Å²) < 4.78 is 15.2. The fourth-order valence-corrected chi connectivity index (χ4v) is 3.10. The van der Waals surface area contributed by atoms with Crippen molar-refractivity contribution in [2.45, 2.75) is 24.9 Å². The lowest BCUT2D eigenvalue weighted by Gasteiger charge is -2.39. The van der Waals surface area contributed by atoms with E-state index in [9.17, 15) is 19.1 Å². The van der Waals surface area contributed by atoms with Crippen molar-refractivity contribution in [3.05, 3.63) is 54.4 Å². The number of urea groups is 1. The third kappa shape index (κ3) is 3.33. The van der Waals surface area contributed by atoms with Crippen LogP contribution in [0.4, 0.5) is 9.18 Å². The van der Waals surface area contributed by atoms with Gasteiger partial charge >= 0.3 is 12.0 Å². The van der Waals surface area contributed by atoms with Gasteiger partial charge in [0, 0.05) is 37.6 Å². The maximum Gasteiger partial charge on any atom is 0.330 e. The second-order valence-electron chi connectivity index (χ2n) is 6.04. The minimum atomic E-state index is -1.08. The summed E-state index contributed by atoms with van der Waals surface area (Å²) in [4.78, 5) is 29.5. The lowest BCUT2D eigenvalue weighted by atomic mass is 9.87. The van der Waals surface area contributed by atoms with E-state index >= 15 is 0 Å². The van der Waals surface area contributed by atoms with E-state index in [-0.39, 0.29) is 31.2 Å². The molecule has 2 aromatic rings. The fraction of sp³-hybridized carbons (Fsp3) is 0.353. The maximum atomic E-state index is 13.6. The summed E-state index contributed by atoms with van der Waals surface area (Å²) in [6.07, 6.45) is 5.22. The molecule has 2 amide bonds. The lowest BCUT2D eigenvalue weighted by Crippen LogP contribution is -2.53. The Morgan fingerprint density at radius 1 is 1.28 bits per heavy atom. The van der Waals surface area contributed by atoms with Crippen molar-refractivity contribution in [1.29, 1.82) is 0 Å². The Kier molecular flexibility index (Phi) is 4.69. The average Bonchev–Trinajstić information content (AvgIpc) is 3.16. The summed E-state index contributed by atoms with van der Waals surface area (Å²) >= 11 is 0. The Balaban J connectivity index is 1.61. The number of aliphatic carboxylic acids is 1. The van der Waals surface area contributed by atoms with E-state index in [2.05, 4.69) is 10.3 Å². The van der Waals surface area contributed by atoms with Gasteiger partial charge in [-0.1, -0.05) is 18.2 Å². The molecule has 1 aliphatic rings. The first-order valence-electron chi connectivity index (χ1n) is 8.01. The van der Waals surface area contributed by atoms with Crippen LogP contribution in [0.5, 0.6) is 0 Å². The molecule has 3 rings (SSSR count). The molecule has 132 valence electrons. The van der Waals surface area contributed by atoms with E-state index in [0.29, 0.717) is 18.7 Å². The number of carbonyl (C=O) groups is 2. The topological polar surface area (TPSA) is 87.5 Å². The second-order valence-corrected chi connectivity index (χ2v) is 6.04. The number of amides is 2. The number of aromatic nitrogens is 2. The van der Waals surface area contributed by atoms with Gasteiger partial charge in [0.25, 0.3) is 0 Å². The van der Waals surface area contributed by atoms with Gasteiger partial charge in [-0.15, -0.1) is 0 Å². The van der Waals surface area contributed by atoms with Gasteiger partial charge in [0.2, 0.25) is 0 Å². The number of carboxylic acid groups (broad SMARTS) is 1. The van der Waals surface area contributed by atoms with Crippen molar-refractivity contribution in [3.8, 4) is 0 Å². The Bertz CT molecular complexity index is 755. The third-order valence-corrected chi connectivity index (χ3v) is 4.66. The van der Waals surface area contributed by atoms with E-state index in [1.807, 2.05) is 0 Å². The van der Waals surface area contributed by atoms with Crippen LogP contribution in [0.15, 0.2) is 43.0 Å². The van der Waals surface area contributed by atoms with Crippen LogP contribution in [0.1, 0.15) is 18.4 Å². The molecule has 0 aliphatic carbocycles. The highest BCUT2D eigenvalue weighted by Gasteiger charge is 2.43. The molecule has 0 unspecified atom stereocenters. The number of imidazole rings is 1. The predicted molar refractivity (Wildman–Crippen MR) is 87.3 cm³/mol. The molecule has 1 aromatic carbocycles. The van der Waals surface area contributed by atoms with Gasteiger partial charge in [-0.2, -0.15) is 0 Å². The van der Waals surface area contributed by atoms with Crippen molar-refractivity contribution < 1.29 is 19.1 Å². The Labute approximate surface area is 144 Å². The first-order valence-corrected chi connectivity index (χ1v) is 8.01. The van der Waals surface area contributed by atoms with Crippen molar-refractivity contribution in [1.82, 2.24) is 19.8 Å². The van der Waals surface area contributed by atoms with Gasteiger partial charge in [0.15, 0.2) is 0 Å². The minimum Gasteiger partial charge on any atom is -0.479 e. The molecule has 0 saturated carbocycles. The molecule has 1 fully saturated rings. The van der Waals surface area contributed by atoms with Gasteiger partial charge in [-0.3, -0.25) is 0 Å². The van der Waals surface area contributed by atoms with Gasteiger partial charge in [0.1, 0.15) is 11.4 Å². The SMILES string of the molecule is O=C(NCc1ccccc1F)N1CCC(C(=O)O)(n2ccnc2)CC1. The predicted octanol–water partition coefficient (Wildman–Crippen LogP) is 1.81. The first kappa shape index (κ1) is 16.9. The summed E-state index contributed by atoms with van der Waals surface area (Å²) in [5.74, 6) is -1.30. The van der Waals surface area contributed by atoms with Crippen LogP contribution < -0.4 is 5.32 Å². The highest BCUT2D eigenvalue weighted by molar-refractivity contribution is 5.78. The zero-order chi connectivity index (χ0) is 17.9. The highest BCUT2D eigenvalue weighted by Crippen LogP contribution is 2.30. The molecule has 0 radical (unpaired) electrons. The zero-order valence-corrected chi connectivity index (χ0v) is 13.6. The van der Waals surface area contributed by atoms with Crippen LogP contribution in [0, 0.1) is 5.82 Å². The Hall–Kier alpha value is -2.90. The van der Waals surface area contributed by atoms with Crippen molar-refractivity contribution in [2.24, 2.45) is 0 Å².